The molecule has 144 valence electrons. The van der Waals surface area contributed by atoms with E-state index in [2.05, 4.69) is 40.8 Å². The molecular weight excluding hydrogens is 362 g/mol. The predicted octanol–water partition coefficient (Wildman–Crippen LogP) is 2.32. The highest BCUT2D eigenvalue weighted by Crippen LogP contribution is 2.16. The van der Waals surface area contributed by atoms with Crippen LogP contribution in [0.1, 0.15) is 21.5 Å². The van der Waals surface area contributed by atoms with E-state index >= 15 is 0 Å². The van der Waals surface area contributed by atoms with Crippen molar-refractivity contribution in [2.75, 3.05) is 37.2 Å². The Labute approximate surface area is 160 Å². The number of benzene rings is 2. The number of aryl methyl sites for hydroxylation is 1. The second-order valence-electron chi connectivity index (χ2n) is 7.01. The summed E-state index contributed by atoms with van der Waals surface area (Å²) in [6.07, 6.45) is 1.09. The molecule has 1 N–H and O–H groups in total. The second-order valence-corrected chi connectivity index (χ2v) is 8.76. The van der Waals surface area contributed by atoms with Gasteiger partial charge in [0.25, 0.3) is 5.91 Å². The molecule has 1 aliphatic heterocycles. The summed E-state index contributed by atoms with van der Waals surface area (Å²) in [5, 5.41) is 0. The number of nitrogens with zero attached hydrogens (tertiary/aromatic N) is 2. The van der Waals surface area contributed by atoms with Gasteiger partial charge in [0.05, 0.1) is 6.26 Å². The van der Waals surface area contributed by atoms with Gasteiger partial charge in [-0.05, 0) is 30.7 Å². The minimum atomic E-state index is -3.37. The first-order valence-corrected chi connectivity index (χ1v) is 10.8. The van der Waals surface area contributed by atoms with Crippen LogP contribution >= 0.6 is 0 Å². The molecule has 0 radical (unpaired) electrons. The summed E-state index contributed by atoms with van der Waals surface area (Å²) >= 11 is 0. The van der Waals surface area contributed by atoms with Crippen LogP contribution in [0, 0.1) is 6.92 Å². The Hall–Kier alpha value is -2.38. The first-order valence-electron chi connectivity index (χ1n) is 8.95. The van der Waals surface area contributed by atoms with Crippen LogP contribution in [0.2, 0.25) is 0 Å². The number of carbonyl (C=O) groups excluding carboxylic acids is 1. The Morgan fingerprint density at radius 1 is 1.04 bits per heavy atom. The molecule has 0 spiro atoms. The molecule has 1 fully saturated rings. The Morgan fingerprint density at radius 3 is 2.41 bits per heavy atom. The largest absolute Gasteiger partial charge is 0.336 e. The van der Waals surface area contributed by atoms with Crippen molar-refractivity contribution in [3.63, 3.8) is 0 Å². The van der Waals surface area contributed by atoms with E-state index in [4.69, 9.17) is 0 Å². The van der Waals surface area contributed by atoms with Gasteiger partial charge in [-0.1, -0.05) is 35.9 Å². The average molecular weight is 388 g/mol. The molecule has 1 amide bonds. The van der Waals surface area contributed by atoms with Crippen molar-refractivity contribution in [1.82, 2.24) is 9.80 Å². The van der Waals surface area contributed by atoms with Crippen LogP contribution in [0.4, 0.5) is 5.69 Å². The smallest absolute Gasteiger partial charge is 0.254 e. The third-order valence-corrected chi connectivity index (χ3v) is 5.17. The number of anilines is 1. The molecule has 0 bridgehead atoms. The number of rotatable bonds is 5. The Morgan fingerprint density at radius 2 is 1.74 bits per heavy atom. The van der Waals surface area contributed by atoms with Crippen molar-refractivity contribution < 1.29 is 13.2 Å². The van der Waals surface area contributed by atoms with Crippen LogP contribution in [0.3, 0.4) is 0 Å². The number of piperazine rings is 1. The van der Waals surface area contributed by atoms with Crippen LogP contribution in [0.15, 0.2) is 48.5 Å². The van der Waals surface area contributed by atoms with Crippen molar-refractivity contribution in [3.8, 4) is 0 Å². The topological polar surface area (TPSA) is 69.7 Å². The van der Waals surface area contributed by atoms with Crippen molar-refractivity contribution in [2.24, 2.45) is 0 Å². The SMILES string of the molecule is Cc1cccc(CN2CCN(C(=O)c3cccc(NS(C)(=O)=O)c3)CC2)c1. The third-order valence-electron chi connectivity index (χ3n) is 4.56. The summed E-state index contributed by atoms with van der Waals surface area (Å²) in [5.41, 5.74) is 3.44. The molecule has 27 heavy (non-hydrogen) atoms. The fraction of sp³-hybridized carbons (Fsp3) is 0.350. The van der Waals surface area contributed by atoms with Gasteiger partial charge in [0.2, 0.25) is 10.0 Å². The molecular formula is C20H25N3O3S. The van der Waals surface area contributed by atoms with Crippen molar-refractivity contribution >= 4 is 21.6 Å². The van der Waals surface area contributed by atoms with Gasteiger partial charge in [-0.15, -0.1) is 0 Å². The molecule has 0 aliphatic carbocycles. The van der Waals surface area contributed by atoms with Crippen molar-refractivity contribution in [3.05, 3.63) is 65.2 Å². The van der Waals surface area contributed by atoms with Gasteiger partial charge in [0.1, 0.15) is 0 Å². The average Bonchev–Trinajstić information content (AvgIpc) is 2.61. The van der Waals surface area contributed by atoms with Crippen molar-refractivity contribution in [1.29, 1.82) is 0 Å². The molecule has 6 nitrogen and oxygen atoms in total. The molecule has 2 aromatic rings. The summed E-state index contributed by atoms with van der Waals surface area (Å²) in [6.45, 7) is 5.94. The maximum absolute atomic E-state index is 12.8. The van der Waals surface area contributed by atoms with E-state index < -0.39 is 10.0 Å². The molecule has 7 heteroatoms. The van der Waals surface area contributed by atoms with Crippen LogP contribution in [0.5, 0.6) is 0 Å². The molecule has 3 rings (SSSR count). The molecule has 1 aliphatic rings. The second kappa shape index (κ2) is 8.10. The summed E-state index contributed by atoms with van der Waals surface area (Å²) in [7, 11) is -3.37. The fourth-order valence-corrected chi connectivity index (χ4v) is 3.85. The Balaban J connectivity index is 1.59. The molecule has 0 atom stereocenters. The third kappa shape index (κ3) is 5.55. The standard InChI is InChI=1S/C20H25N3O3S/c1-16-5-3-6-17(13-16)15-22-9-11-23(12-10-22)20(24)18-7-4-8-19(14-18)21-27(2,25)26/h3-8,13-14,21H,9-12,15H2,1-2H3. The van der Waals surface area contributed by atoms with Crippen LogP contribution < -0.4 is 4.72 Å². The minimum absolute atomic E-state index is 0.0673. The van der Waals surface area contributed by atoms with Gasteiger partial charge in [0, 0.05) is 44.0 Å². The van der Waals surface area contributed by atoms with Gasteiger partial charge in [-0.3, -0.25) is 14.4 Å². The zero-order valence-electron chi connectivity index (χ0n) is 15.7. The van der Waals surface area contributed by atoms with Gasteiger partial charge in [-0.2, -0.15) is 0 Å². The normalized spacial score (nSPS) is 15.6. The number of hydrogen-bond donors (Lipinski definition) is 1. The first-order chi connectivity index (χ1) is 12.8. The maximum atomic E-state index is 12.8. The van der Waals surface area contributed by atoms with Gasteiger partial charge in [-0.25, -0.2) is 8.42 Å². The highest BCUT2D eigenvalue weighted by Gasteiger charge is 2.22. The highest BCUT2D eigenvalue weighted by atomic mass is 32.2. The number of sulfonamides is 1. The zero-order valence-corrected chi connectivity index (χ0v) is 16.5. The number of amides is 1. The molecule has 0 aromatic heterocycles. The van der Waals surface area contributed by atoms with E-state index in [9.17, 15) is 13.2 Å². The molecule has 0 unspecified atom stereocenters. The van der Waals surface area contributed by atoms with Gasteiger partial charge < -0.3 is 4.90 Å². The van der Waals surface area contributed by atoms with Crippen molar-refractivity contribution in [2.45, 2.75) is 13.5 Å². The van der Waals surface area contributed by atoms with E-state index in [1.54, 1.807) is 24.3 Å². The monoisotopic (exact) mass is 387 g/mol. The Bertz CT molecular complexity index is 920. The Kier molecular flexibility index (Phi) is 5.82. The first kappa shape index (κ1) is 19.4. The fourth-order valence-electron chi connectivity index (χ4n) is 3.29. The van der Waals surface area contributed by atoms with Crippen LogP contribution in [-0.2, 0) is 16.6 Å². The summed E-state index contributed by atoms with van der Waals surface area (Å²) in [6, 6.07) is 15.1. The predicted molar refractivity (Wildman–Crippen MR) is 107 cm³/mol. The van der Waals surface area contributed by atoms with Gasteiger partial charge >= 0.3 is 0 Å². The molecule has 1 saturated heterocycles. The van der Waals surface area contributed by atoms with E-state index in [1.165, 1.54) is 11.1 Å². The lowest BCUT2D eigenvalue weighted by molar-refractivity contribution is 0.0628. The maximum Gasteiger partial charge on any atom is 0.254 e. The van der Waals surface area contributed by atoms with Crippen LogP contribution in [0.25, 0.3) is 0 Å². The molecule has 1 heterocycles. The molecule has 2 aromatic carbocycles. The van der Waals surface area contributed by atoms with Crippen LogP contribution in [-0.4, -0.2) is 56.6 Å². The lowest BCUT2D eigenvalue weighted by Crippen LogP contribution is -2.48. The zero-order chi connectivity index (χ0) is 19.4. The number of carbonyl (C=O) groups is 1. The summed E-state index contributed by atoms with van der Waals surface area (Å²) in [4.78, 5) is 16.9. The van der Waals surface area contributed by atoms with Gasteiger partial charge in [0.15, 0.2) is 0 Å². The molecule has 0 saturated carbocycles. The summed E-state index contributed by atoms with van der Waals surface area (Å²) in [5.74, 6) is -0.0673. The van der Waals surface area contributed by atoms with E-state index in [1.807, 2.05) is 4.90 Å². The summed E-state index contributed by atoms with van der Waals surface area (Å²) < 4.78 is 25.2. The lowest BCUT2D eigenvalue weighted by Gasteiger charge is -2.35. The van der Waals surface area contributed by atoms with E-state index in [0.29, 0.717) is 24.3 Å². The highest BCUT2D eigenvalue weighted by molar-refractivity contribution is 7.92. The number of nitrogens with one attached hydrogen (secondary N) is 1. The van der Waals surface area contributed by atoms with E-state index in [0.717, 1.165) is 25.9 Å². The van der Waals surface area contributed by atoms with E-state index in [-0.39, 0.29) is 5.91 Å². The number of hydrogen-bond acceptors (Lipinski definition) is 4. The quantitative estimate of drug-likeness (QED) is 0.855. The minimum Gasteiger partial charge on any atom is -0.336 e. The lowest BCUT2D eigenvalue weighted by atomic mass is 10.1.